The van der Waals surface area contributed by atoms with E-state index in [0.29, 0.717) is 60.2 Å². The first-order valence-corrected chi connectivity index (χ1v) is 14.2. The van der Waals surface area contributed by atoms with Gasteiger partial charge in [-0.15, -0.1) is 0 Å². The standard InChI is InChI=1S/C25H30Cl2FN3O4S/c1-25(18-4-7-21(26)22(27)14-18,24(33)29-23(16-32)17-2-5-19(28)6-3-17)9-10-30-11-12-31-20(15-30)8-13-36(31,34)35/h2-7,14,20,23,32H,8-13,15-16H2,1H3,(H,29,33)/t20?,23-,25?/m0/s1. The molecule has 2 unspecified atom stereocenters. The first-order chi connectivity index (χ1) is 17.0. The van der Waals surface area contributed by atoms with Gasteiger partial charge in [-0.2, -0.15) is 4.31 Å². The van der Waals surface area contributed by atoms with Crippen molar-refractivity contribution < 1.29 is 22.7 Å². The van der Waals surface area contributed by atoms with E-state index in [9.17, 15) is 22.7 Å². The number of aliphatic hydroxyl groups excluding tert-OH is 1. The van der Waals surface area contributed by atoms with Crippen LogP contribution in [0.3, 0.4) is 0 Å². The van der Waals surface area contributed by atoms with Crippen LogP contribution in [0.1, 0.15) is 36.9 Å². The Kier molecular flexibility index (Phi) is 8.29. The van der Waals surface area contributed by atoms with Crippen molar-refractivity contribution in [3.05, 3.63) is 69.5 Å². The first kappa shape index (κ1) is 27.3. The van der Waals surface area contributed by atoms with E-state index >= 15 is 0 Å². The molecule has 2 aromatic carbocycles. The second-order valence-corrected chi connectivity index (χ2v) is 12.5. The molecule has 2 heterocycles. The fraction of sp³-hybridized carbons (Fsp3) is 0.480. The Labute approximate surface area is 221 Å². The smallest absolute Gasteiger partial charge is 0.230 e. The number of halogens is 3. The van der Waals surface area contributed by atoms with Gasteiger partial charge in [0.1, 0.15) is 5.82 Å². The van der Waals surface area contributed by atoms with Gasteiger partial charge in [0.2, 0.25) is 15.9 Å². The fourth-order valence-electron chi connectivity index (χ4n) is 4.97. The molecule has 0 spiro atoms. The largest absolute Gasteiger partial charge is 0.394 e. The summed E-state index contributed by atoms with van der Waals surface area (Å²) in [5.41, 5.74) is 0.232. The van der Waals surface area contributed by atoms with Crippen LogP contribution in [-0.4, -0.2) is 73.2 Å². The zero-order valence-corrected chi connectivity index (χ0v) is 22.3. The third kappa shape index (κ3) is 5.71. The van der Waals surface area contributed by atoms with Gasteiger partial charge in [-0.25, -0.2) is 12.8 Å². The number of aliphatic hydroxyl groups is 1. The van der Waals surface area contributed by atoms with Crippen molar-refractivity contribution in [3.8, 4) is 0 Å². The molecule has 1 amide bonds. The molecular formula is C25H30Cl2FN3O4S. The maximum atomic E-state index is 13.7. The average Bonchev–Trinajstić information content (AvgIpc) is 3.17. The van der Waals surface area contributed by atoms with Gasteiger partial charge in [-0.3, -0.25) is 4.79 Å². The fourth-order valence-corrected chi connectivity index (χ4v) is 7.06. The number of sulfonamides is 1. The van der Waals surface area contributed by atoms with Gasteiger partial charge >= 0.3 is 0 Å². The molecule has 196 valence electrons. The van der Waals surface area contributed by atoms with Crippen LogP contribution in [-0.2, 0) is 20.2 Å². The highest BCUT2D eigenvalue weighted by Gasteiger charge is 2.42. The number of hydrogen-bond donors (Lipinski definition) is 2. The van der Waals surface area contributed by atoms with E-state index in [1.165, 1.54) is 24.3 Å². The Morgan fingerprint density at radius 1 is 1.19 bits per heavy atom. The van der Waals surface area contributed by atoms with Crippen molar-refractivity contribution in [1.82, 2.24) is 14.5 Å². The lowest BCUT2D eigenvalue weighted by atomic mass is 9.78. The molecule has 2 N–H and O–H groups in total. The minimum atomic E-state index is -3.16. The molecule has 0 aromatic heterocycles. The Hall–Kier alpha value is -1.75. The number of fused-ring (bicyclic) bond motifs is 1. The highest BCUT2D eigenvalue weighted by Crippen LogP contribution is 2.34. The van der Waals surface area contributed by atoms with Crippen LogP contribution in [0.4, 0.5) is 4.39 Å². The van der Waals surface area contributed by atoms with Gasteiger partial charge in [0, 0.05) is 25.7 Å². The molecule has 0 bridgehead atoms. The number of nitrogens with one attached hydrogen (secondary N) is 1. The van der Waals surface area contributed by atoms with Crippen molar-refractivity contribution >= 4 is 39.1 Å². The predicted octanol–water partition coefficient (Wildman–Crippen LogP) is 3.35. The van der Waals surface area contributed by atoms with Gasteiger partial charge < -0.3 is 15.3 Å². The number of amides is 1. The second kappa shape index (κ2) is 10.9. The van der Waals surface area contributed by atoms with Gasteiger partial charge in [-0.05, 0) is 61.7 Å². The van der Waals surface area contributed by atoms with Crippen LogP contribution >= 0.6 is 23.2 Å². The molecule has 2 aliphatic rings. The number of hydrogen-bond acceptors (Lipinski definition) is 5. The Balaban J connectivity index is 1.54. The topological polar surface area (TPSA) is 90.0 Å². The van der Waals surface area contributed by atoms with Crippen LogP contribution in [0, 0.1) is 5.82 Å². The van der Waals surface area contributed by atoms with E-state index in [0.717, 1.165) is 0 Å². The van der Waals surface area contributed by atoms with E-state index in [4.69, 9.17) is 23.2 Å². The number of carbonyl (C=O) groups is 1. The molecule has 0 aliphatic carbocycles. The van der Waals surface area contributed by atoms with Gasteiger partial charge in [0.15, 0.2) is 0 Å². The van der Waals surface area contributed by atoms with Crippen LogP contribution in [0.5, 0.6) is 0 Å². The number of benzene rings is 2. The zero-order chi connectivity index (χ0) is 26.1. The molecule has 11 heteroatoms. The lowest BCUT2D eigenvalue weighted by Crippen LogP contribution is -2.53. The molecule has 2 aromatic rings. The van der Waals surface area contributed by atoms with E-state index in [1.807, 2.05) is 6.92 Å². The second-order valence-electron chi connectivity index (χ2n) is 9.64. The van der Waals surface area contributed by atoms with Gasteiger partial charge in [0.05, 0.1) is 33.9 Å². The monoisotopic (exact) mass is 557 g/mol. The van der Waals surface area contributed by atoms with Crippen molar-refractivity contribution in [3.63, 3.8) is 0 Å². The van der Waals surface area contributed by atoms with E-state index in [2.05, 4.69) is 10.2 Å². The number of piperazine rings is 1. The zero-order valence-electron chi connectivity index (χ0n) is 20.0. The number of carbonyl (C=O) groups excluding carboxylic acids is 1. The third-order valence-corrected chi connectivity index (χ3v) is 10.0. The van der Waals surface area contributed by atoms with E-state index in [1.54, 1.807) is 22.5 Å². The summed E-state index contributed by atoms with van der Waals surface area (Å²) in [5.74, 6) is -0.537. The minimum absolute atomic E-state index is 0.0361. The van der Waals surface area contributed by atoms with Gasteiger partial charge in [-0.1, -0.05) is 41.4 Å². The summed E-state index contributed by atoms with van der Waals surface area (Å²) < 4.78 is 39.4. The quantitative estimate of drug-likeness (QED) is 0.519. The van der Waals surface area contributed by atoms with Gasteiger partial charge in [0.25, 0.3) is 0 Å². The lowest BCUT2D eigenvalue weighted by Gasteiger charge is -2.38. The molecule has 7 nitrogen and oxygen atoms in total. The number of rotatable bonds is 8. The molecule has 4 rings (SSSR count). The summed E-state index contributed by atoms with van der Waals surface area (Å²) in [6.07, 6.45) is 1.04. The first-order valence-electron chi connectivity index (χ1n) is 11.9. The van der Waals surface area contributed by atoms with Crippen molar-refractivity contribution in [2.24, 2.45) is 0 Å². The molecule has 36 heavy (non-hydrogen) atoms. The highest BCUT2D eigenvalue weighted by molar-refractivity contribution is 7.89. The average molecular weight is 559 g/mol. The maximum absolute atomic E-state index is 13.7. The summed E-state index contributed by atoms with van der Waals surface area (Å²) in [7, 11) is -3.16. The third-order valence-electron chi connectivity index (χ3n) is 7.33. The summed E-state index contributed by atoms with van der Waals surface area (Å²) in [6.45, 7) is 3.68. The summed E-state index contributed by atoms with van der Waals surface area (Å²) >= 11 is 12.4. The molecular weight excluding hydrogens is 528 g/mol. The van der Waals surface area contributed by atoms with Crippen LogP contribution < -0.4 is 5.32 Å². The molecule has 0 radical (unpaired) electrons. The SMILES string of the molecule is CC(CCN1CCN2C(CCS2(=O)=O)C1)(C(=O)N[C@@H](CO)c1ccc(F)cc1)c1ccc(Cl)c(Cl)c1. The van der Waals surface area contributed by atoms with Crippen molar-refractivity contribution in [2.75, 3.05) is 38.5 Å². The van der Waals surface area contributed by atoms with Crippen molar-refractivity contribution in [1.29, 1.82) is 0 Å². The van der Waals surface area contributed by atoms with Crippen molar-refractivity contribution in [2.45, 2.75) is 37.3 Å². The highest BCUT2D eigenvalue weighted by atomic mass is 35.5. The molecule has 2 saturated heterocycles. The molecule has 2 fully saturated rings. The van der Waals surface area contributed by atoms with Crippen LogP contribution in [0.2, 0.25) is 10.0 Å². The molecule has 0 saturated carbocycles. The number of nitrogens with zero attached hydrogens (tertiary/aromatic N) is 2. The summed E-state index contributed by atoms with van der Waals surface area (Å²) in [4.78, 5) is 15.9. The molecule has 2 aliphatic heterocycles. The van der Waals surface area contributed by atoms with Crippen LogP contribution in [0.15, 0.2) is 42.5 Å². The lowest BCUT2D eigenvalue weighted by molar-refractivity contribution is -0.127. The van der Waals surface area contributed by atoms with Crippen LogP contribution in [0.25, 0.3) is 0 Å². The Bertz CT molecular complexity index is 1210. The molecule has 3 atom stereocenters. The minimum Gasteiger partial charge on any atom is -0.394 e. The Morgan fingerprint density at radius 3 is 2.58 bits per heavy atom. The predicted molar refractivity (Wildman–Crippen MR) is 138 cm³/mol. The Morgan fingerprint density at radius 2 is 1.92 bits per heavy atom. The maximum Gasteiger partial charge on any atom is 0.230 e. The summed E-state index contributed by atoms with van der Waals surface area (Å²) in [6, 6.07) is 9.97. The van der Waals surface area contributed by atoms with E-state index in [-0.39, 0.29) is 24.3 Å². The van der Waals surface area contributed by atoms with E-state index < -0.39 is 27.3 Å². The summed E-state index contributed by atoms with van der Waals surface area (Å²) in [5, 5.41) is 13.6. The normalized spacial score (nSPS) is 22.5.